The number of nitrogens with two attached hydrogens (primary N) is 1. The first-order chi connectivity index (χ1) is 11.7. The van der Waals surface area contributed by atoms with Gasteiger partial charge in [0.2, 0.25) is 5.91 Å². The van der Waals surface area contributed by atoms with E-state index in [1.54, 1.807) is 4.90 Å². The van der Waals surface area contributed by atoms with E-state index in [0.717, 1.165) is 25.1 Å². The first kappa shape index (κ1) is 19.8. The topological polar surface area (TPSA) is 71.2 Å². The number of nitrogens with zero attached hydrogens (tertiary/aromatic N) is 2. The first-order valence-corrected chi connectivity index (χ1v) is 8.56. The van der Waals surface area contributed by atoms with Crippen LogP contribution in [-0.2, 0) is 11.0 Å². The zero-order valence-electron chi connectivity index (χ0n) is 13.9. The number of aromatic nitrogens is 1. The van der Waals surface area contributed by atoms with Gasteiger partial charge in [-0.2, -0.15) is 13.2 Å². The molecule has 2 rings (SSSR count). The molecule has 0 aliphatic carbocycles. The van der Waals surface area contributed by atoms with Crippen LogP contribution in [0, 0.1) is 5.92 Å². The number of hydrogen-bond acceptors (Lipinski definition) is 4. The Balaban J connectivity index is 1.80. The molecule has 1 amide bonds. The Morgan fingerprint density at radius 1 is 1.48 bits per heavy atom. The Bertz CT molecular complexity index is 602. The molecule has 2 heterocycles. The van der Waals surface area contributed by atoms with Crippen molar-refractivity contribution in [1.82, 2.24) is 9.88 Å². The molecule has 9 heteroatoms. The number of nitrogens with one attached hydrogen (secondary N) is 1. The number of halogens is 4. The van der Waals surface area contributed by atoms with Crippen molar-refractivity contribution in [2.24, 2.45) is 11.7 Å². The lowest BCUT2D eigenvalue weighted by atomic mass is 9.91. The molecule has 0 radical (unpaired) electrons. The van der Waals surface area contributed by atoms with Crippen LogP contribution < -0.4 is 11.1 Å². The van der Waals surface area contributed by atoms with Crippen LogP contribution in [0.4, 0.5) is 19.0 Å². The van der Waals surface area contributed by atoms with Crippen LogP contribution in [0.1, 0.15) is 31.7 Å². The number of piperidine rings is 1. The summed E-state index contributed by atoms with van der Waals surface area (Å²) in [6, 6.07) is 0.948. The van der Waals surface area contributed by atoms with Gasteiger partial charge in [0.15, 0.2) is 0 Å². The monoisotopic (exact) mass is 378 g/mol. The van der Waals surface area contributed by atoms with Gasteiger partial charge in [-0.1, -0.05) is 11.6 Å². The van der Waals surface area contributed by atoms with Crippen molar-refractivity contribution in [3.05, 3.63) is 22.8 Å². The third kappa shape index (κ3) is 5.47. The third-order valence-electron chi connectivity index (χ3n) is 4.44. The summed E-state index contributed by atoms with van der Waals surface area (Å²) in [6.07, 6.45) is -1.76. The predicted molar refractivity (Wildman–Crippen MR) is 90.3 cm³/mol. The van der Waals surface area contributed by atoms with Gasteiger partial charge in [-0.15, -0.1) is 0 Å². The summed E-state index contributed by atoms with van der Waals surface area (Å²) in [5, 5.41) is 2.69. The Hall–Kier alpha value is -1.54. The zero-order chi connectivity index (χ0) is 18.6. The maximum atomic E-state index is 12.6. The van der Waals surface area contributed by atoms with Gasteiger partial charge in [-0.3, -0.25) is 4.79 Å². The molecular formula is C16H22ClF3N4O. The Kier molecular flexibility index (Phi) is 6.51. The van der Waals surface area contributed by atoms with Crippen LogP contribution in [0.3, 0.4) is 0 Å². The molecule has 1 atom stereocenters. The molecule has 0 bridgehead atoms. The highest BCUT2D eigenvalue weighted by Crippen LogP contribution is 2.32. The van der Waals surface area contributed by atoms with E-state index >= 15 is 0 Å². The quantitative estimate of drug-likeness (QED) is 0.825. The molecule has 1 aliphatic heterocycles. The molecule has 3 N–H and O–H groups in total. The van der Waals surface area contributed by atoms with Crippen molar-refractivity contribution in [2.45, 2.75) is 38.4 Å². The Labute approximate surface area is 149 Å². The van der Waals surface area contributed by atoms with Gasteiger partial charge >= 0.3 is 6.18 Å². The molecule has 1 saturated heterocycles. The molecular weight excluding hydrogens is 357 g/mol. The van der Waals surface area contributed by atoms with Crippen molar-refractivity contribution in [3.8, 4) is 0 Å². The first-order valence-electron chi connectivity index (χ1n) is 8.18. The highest BCUT2D eigenvalue weighted by atomic mass is 35.5. The standard InChI is InChI=1S/C16H22ClF3N4O/c1-10(21)11-3-6-24(7-4-11)14(25)2-5-22-15-13(17)8-12(9-23-15)16(18,19)20/h8-11H,2-7,21H2,1H3,(H,22,23). The summed E-state index contributed by atoms with van der Waals surface area (Å²) in [4.78, 5) is 17.7. The zero-order valence-corrected chi connectivity index (χ0v) is 14.7. The number of alkyl halides is 3. The van der Waals surface area contributed by atoms with Crippen LogP contribution >= 0.6 is 11.6 Å². The maximum absolute atomic E-state index is 12.6. The molecule has 0 spiro atoms. The number of carbonyl (C=O) groups is 1. The number of pyridine rings is 1. The summed E-state index contributed by atoms with van der Waals surface area (Å²) >= 11 is 5.81. The highest BCUT2D eigenvalue weighted by Gasteiger charge is 2.31. The fourth-order valence-corrected chi connectivity index (χ4v) is 3.08. The largest absolute Gasteiger partial charge is 0.417 e. The molecule has 1 aliphatic rings. The fraction of sp³-hybridized carbons (Fsp3) is 0.625. The molecule has 25 heavy (non-hydrogen) atoms. The molecule has 0 aromatic carbocycles. The lowest BCUT2D eigenvalue weighted by Gasteiger charge is -2.33. The van der Waals surface area contributed by atoms with Crippen molar-refractivity contribution < 1.29 is 18.0 Å². The lowest BCUT2D eigenvalue weighted by molar-refractivity contribution is -0.137. The number of hydrogen-bond donors (Lipinski definition) is 2. The van der Waals surface area contributed by atoms with Crippen molar-refractivity contribution in [1.29, 1.82) is 0 Å². The number of carbonyl (C=O) groups excluding carboxylic acids is 1. The van der Waals surface area contributed by atoms with Crippen molar-refractivity contribution in [3.63, 3.8) is 0 Å². The van der Waals surface area contributed by atoms with E-state index in [2.05, 4.69) is 10.3 Å². The van der Waals surface area contributed by atoms with Crippen molar-refractivity contribution in [2.75, 3.05) is 25.0 Å². The maximum Gasteiger partial charge on any atom is 0.417 e. The fourth-order valence-electron chi connectivity index (χ4n) is 2.84. The van der Waals surface area contributed by atoms with E-state index in [1.165, 1.54) is 0 Å². The van der Waals surface area contributed by atoms with E-state index in [1.807, 2.05) is 6.92 Å². The van der Waals surface area contributed by atoms with Crippen LogP contribution in [0.15, 0.2) is 12.3 Å². The van der Waals surface area contributed by atoms with Crippen LogP contribution in [-0.4, -0.2) is 41.5 Å². The van der Waals surface area contributed by atoms with Gasteiger partial charge in [-0.05, 0) is 31.7 Å². The summed E-state index contributed by atoms with van der Waals surface area (Å²) in [5.41, 5.74) is 4.98. The SMILES string of the molecule is CC(N)C1CCN(C(=O)CCNc2ncc(C(F)(F)F)cc2Cl)CC1. The van der Waals surface area contributed by atoms with E-state index in [0.29, 0.717) is 19.0 Å². The number of anilines is 1. The minimum Gasteiger partial charge on any atom is -0.368 e. The minimum absolute atomic E-state index is 0.00124. The number of rotatable bonds is 5. The summed E-state index contributed by atoms with van der Waals surface area (Å²) in [6.45, 7) is 3.60. The smallest absolute Gasteiger partial charge is 0.368 e. The van der Waals surface area contributed by atoms with Gasteiger partial charge in [-0.25, -0.2) is 4.98 Å². The molecule has 1 aromatic heterocycles. The second-order valence-corrected chi connectivity index (χ2v) is 6.71. The van der Waals surface area contributed by atoms with Gasteiger partial charge in [0, 0.05) is 38.3 Å². The summed E-state index contributed by atoms with van der Waals surface area (Å²) in [5.74, 6) is 0.578. The van der Waals surface area contributed by atoms with Gasteiger partial charge in [0.05, 0.1) is 10.6 Å². The number of likely N-dealkylation sites (tertiary alicyclic amines) is 1. The molecule has 0 saturated carbocycles. The van der Waals surface area contributed by atoms with Crippen LogP contribution in [0.2, 0.25) is 5.02 Å². The van der Waals surface area contributed by atoms with E-state index < -0.39 is 11.7 Å². The Morgan fingerprint density at radius 3 is 2.64 bits per heavy atom. The lowest BCUT2D eigenvalue weighted by Crippen LogP contribution is -2.42. The number of amides is 1. The predicted octanol–water partition coefficient (Wildman–Crippen LogP) is 3.14. The molecule has 1 fully saturated rings. The molecule has 1 aromatic rings. The van der Waals surface area contributed by atoms with E-state index in [-0.39, 0.29) is 35.8 Å². The Morgan fingerprint density at radius 2 is 2.12 bits per heavy atom. The normalized spacial score (nSPS) is 17.4. The average molecular weight is 379 g/mol. The molecule has 140 valence electrons. The second-order valence-electron chi connectivity index (χ2n) is 6.31. The average Bonchev–Trinajstić information content (AvgIpc) is 2.55. The molecule has 5 nitrogen and oxygen atoms in total. The van der Waals surface area contributed by atoms with E-state index in [9.17, 15) is 18.0 Å². The van der Waals surface area contributed by atoms with Gasteiger partial charge in [0.1, 0.15) is 5.82 Å². The highest BCUT2D eigenvalue weighted by molar-refractivity contribution is 6.32. The van der Waals surface area contributed by atoms with Gasteiger partial charge in [0.25, 0.3) is 0 Å². The second kappa shape index (κ2) is 8.23. The van der Waals surface area contributed by atoms with Crippen molar-refractivity contribution >= 4 is 23.3 Å². The summed E-state index contributed by atoms with van der Waals surface area (Å²) < 4.78 is 37.7. The minimum atomic E-state index is -4.49. The molecule has 1 unspecified atom stereocenters. The van der Waals surface area contributed by atoms with Gasteiger partial charge < -0.3 is 16.0 Å². The van der Waals surface area contributed by atoms with Crippen LogP contribution in [0.5, 0.6) is 0 Å². The third-order valence-corrected chi connectivity index (χ3v) is 4.72. The summed E-state index contributed by atoms with van der Waals surface area (Å²) in [7, 11) is 0. The van der Waals surface area contributed by atoms with Crippen LogP contribution in [0.25, 0.3) is 0 Å². The van der Waals surface area contributed by atoms with E-state index in [4.69, 9.17) is 17.3 Å².